The normalized spacial score (nSPS) is 11.2. The third kappa shape index (κ3) is 2.22. The lowest BCUT2D eigenvalue weighted by Crippen LogP contribution is -2.05. The Balaban J connectivity index is 2.11. The van der Waals surface area contributed by atoms with E-state index in [0.717, 1.165) is 23.3 Å². The highest BCUT2D eigenvalue weighted by molar-refractivity contribution is 7.09. The van der Waals surface area contributed by atoms with Crippen molar-refractivity contribution in [2.75, 3.05) is 12.8 Å². The number of aromatic nitrogens is 2. The summed E-state index contributed by atoms with van der Waals surface area (Å²) >= 11 is 1.73. The summed E-state index contributed by atoms with van der Waals surface area (Å²) in [6.45, 7) is 0.487. The molecule has 0 atom stereocenters. The maximum absolute atomic E-state index is 5.99. The molecule has 4 nitrogen and oxygen atoms in total. The smallest absolute Gasteiger partial charge is 0.124 e. The van der Waals surface area contributed by atoms with Gasteiger partial charge >= 0.3 is 0 Å². The van der Waals surface area contributed by atoms with Gasteiger partial charge in [0, 0.05) is 18.4 Å². The number of nitrogen functional groups attached to an aromatic ring is 1. The molecule has 2 aromatic heterocycles. The fraction of sp³-hybridized carbons (Fsp3) is 0.214. The Bertz CT molecular complexity index is 688. The Labute approximate surface area is 115 Å². The Kier molecular flexibility index (Phi) is 3.23. The topological polar surface area (TPSA) is 53.1 Å². The van der Waals surface area contributed by atoms with Gasteiger partial charge in [-0.15, -0.1) is 11.3 Å². The largest absolute Gasteiger partial charge is 0.397 e. The van der Waals surface area contributed by atoms with Crippen molar-refractivity contribution in [3.63, 3.8) is 0 Å². The van der Waals surface area contributed by atoms with Crippen LogP contribution in [-0.2, 0) is 17.9 Å². The molecule has 0 unspecified atom stereocenters. The molecule has 1 aromatic carbocycles. The van der Waals surface area contributed by atoms with E-state index in [2.05, 4.69) is 27.1 Å². The fourth-order valence-corrected chi connectivity index (χ4v) is 2.90. The fourth-order valence-electron chi connectivity index (χ4n) is 2.19. The van der Waals surface area contributed by atoms with E-state index in [1.807, 2.05) is 18.2 Å². The van der Waals surface area contributed by atoms with E-state index in [1.165, 1.54) is 4.88 Å². The molecule has 0 bridgehead atoms. The van der Waals surface area contributed by atoms with E-state index in [4.69, 9.17) is 10.5 Å². The predicted octanol–water partition coefficient (Wildman–Crippen LogP) is 2.87. The van der Waals surface area contributed by atoms with Crippen LogP contribution in [0, 0.1) is 0 Å². The number of thiophene rings is 1. The summed E-state index contributed by atoms with van der Waals surface area (Å²) in [6, 6.07) is 10.0. The number of benzene rings is 1. The molecule has 5 heteroatoms. The van der Waals surface area contributed by atoms with Crippen LogP contribution in [-0.4, -0.2) is 16.7 Å². The lowest BCUT2D eigenvalue weighted by molar-refractivity contribution is 0.132. The van der Waals surface area contributed by atoms with Crippen molar-refractivity contribution in [1.82, 2.24) is 9.55 Å². The van der Waals surface area contributed by atoms with Gasteiger partial charge in [0.05, 0.1) is 11.2 Å². The number of nitrogens with two attached hydrogens (primary N) is 1. The Hall–Kier alpha value is -1.85. The maximum Gasteiger partial charge on any atom is 0.124 e. The van der Waals surface area contributed by atoms with E-state index in [0.29, 0.717) is 12.4 Å². The Morgan fingerprint density at radius 1 is 1.32 bits per heavy atom. The van der Waals surface area contributed by atoms with Gasteiger partial charge in [-0.25, -0.2) is 4.98 Å². The van der Waals surface area contributed by atoms with Crippen LogP contribution in [0.3, 0.4) is 0 Å². The van der Waals surface area contributed by atoms with E-state index >= 15 is 0 Å². The van der Waals surface area contributed by atoms with Gasteiger partial charge in [-0.2, -0.15) is 0 Å². The number of fused-ring (bicyclic) bond motifs is 1. The predicted molar refractivity (Wildman–Crippen MR) is 78.3 cm³/mol. The van der Waals surface area contributed by atoms with Crippen molar-refractivity contribution in [3.8, 4) is 0 Å². The van der Waals surface area contributed by atoms with Crippen molar-refractivity contribution in [1.29, 1.82) is 0 Å². The van der Waals surface area contributed by atoms with Crippen LogP contribution < -0.4 is 5.73 Å². The molecule has 0 radical (unpaired) electrons. The van der Waals surface area contributed by atoms with Gasteiger partial charge in [-0.3, -0.25) is 0 Å². The molecule has 0 amide bonds. The number of hydrogen-bond acceptors (Lipinski definition) is 4. The molecule has 0 aliphatic rings. The molecular formula is C14H15N3OS. The number of ether oxygens (including phenoxy) is 1. The van der Waals surface area contributed by atoms with Crippen molar-refractivity contribution < 1.29 is 4.74 Å². The van der Waals surface area contributed by atoms with Crippen LogP contribution in [0.5, 0.6) is 0 Å². The van der Waals surface area contributed by atoms with Gasteiger partial charge < -0.3 is 15.0 Å². The Morgan fingerprint density at radius 3 is 2.95 bits per heavy atom. The number of anilines is 1. The third-order valence-corrected chi connectivity index (χ3v) is 3.94. The molecule has 2 heterocycles. The molecule has 0 saturated heterocycles. The zero-order chi connectivity index (χ0) is 13.2. The first kappa shape index (κ1) is 12.2. The monoisotopic (exact) mass is 273 g/mol. The van der Waals surface area contributed by atoms with Gasteiger partial charge in [0.2, 0.25) is 0 Å². The summed E-state index contributed by atoms with van der Waals surface area (Å²) in [5, 5.41) is 2.08. The average Bonchev–Trinajstić information content (AvgIpc) is 3.01. The van der Waals surface area contributed by atoms with E-state index in [9.17, 15) is 0 Å². The summed E-state index contributed by atoms with van der Waals surface area (Å²) < 4.78 is 7.35. The third-order valence-electron chi connectivity index (χ3n) is 3.06. The van der Waals surface area contributed by atoms with Crippen LogP contribution in [0.15, 0.2) is 35.7 Å². The first-order valence-electron chi connectivity index (χ1n) is 6.04. The summed E-state index contributed by atoms with van der Waals surface area (Å²) in [6.07, 6.45) is 0.801. The van der Waals surface area contributed by atoms with Gasteiger partial charge in [-0.1, -0.05) is 12.1 Å². The van der Waals surface area contributed by atoms with E-state index < -0.39 is 0 Å². The first-order chi connectivity index (χ1) is 9.29. The summed E-state index contributed by atoms with van der Waals surface area (Å²) in [4.78, 5) is 5.95. The average molecular weight is 273 g/mol. The molecule has 0 aliphatic carbocycles. The number of methoxy groups -OCH3 is 1. The van der Waals surface area contributed by atoms with Crippen LogP contribution in [0.1, 0.15) is 10.7 Å². The SMILES string of the molecule is COCn1c(Cc2cccs2)nc2c(N)cccc21. The molecule has 0 saturated carbocycles. The summed E-state index contributed by atoms with van der Waals surface area (Å²) in [5.74, 6) is 0.984. The zero-order valence-corrected chi connectivity index (χ0v) is 11.5. The molecule has 98 valence electrons. The number of rotatable bonds is 4. The first-order valence-corrected chi connectivity index (χ1v) is 6.92. The van der Waals surface area contributed by atoms with Crippen molar-refractivity contribution in [2.45, 2.75) is 13.2 Å². The number of hydrogen-bond donors (Lipinski definition) is 1. The quantitative estimate of drug-likeness (QED) is 0.744. The van der Waals surface area contributed by atoms with Crippen LogP contribution >= 0.6 is 11.3 Å². The molecule has 0 spiro atoms. The minimum Gasteiger partial charge on any atom is -0.397 e. The van der Waals surface area contributed by atoms with E-state index in [1.54, 1.807) is 18.4 Å². The molecule has 0 aliphatic heterocycles. The molecule has 3 rings (SSSR count). The number of imidazole rings is 1. The number of nitrogens with zero attached hydrogens (tertiary/aromatic N) is 2. The lowest BCUT2D eigenvalue weighted by atomic mass is 10.3. The molecular weight excluding hydrogens is 258 g/mol. The van der Waals surface area contributed by atoms with Crippen LogP contribution in [0.4, 0.5) is 5.69 Å². The summed E-state index contributed by atoms with van der Waals surface area (Å²) in [7, 11) is 1.69. The van der Waals surface area contributed by atoms with Crippen molar-refractivity contribution in [2.24, 2.45) is 0 Å². The van der Waals surface area contributed by atoms with Gasteiger partial charge in [0.1, 0.15) is 18.1 Å². The molecule has 0 fully saturated rings. The minimum absolute atomic E-state index is 0.487. The van der Waals surface area contributed by atoms with Crippen molar-refractivity contribution in [3.05, 3.63) is 46.4 Å². The highest BCUT2D eigenvalue weighted by Crippen LogP contribution is 2.24. The van der Waals surface area contributed by atoms with Gasteiger partial charge in [-0.05, 0) is 23.6 Å². The second-order valence-corrected chi connectivity index (χ2v) is 5.38. The minimum atomic E-state index is 0.487. The van der Waals surface area contributed by atoms with E-state index in [-0.39, 0.29) is 0 Å². The van der Waals surface area contributed by atoms with Gasteiger partial charge in [0.25, 0.3) is 0 Å². The molecule has 2 N–H and O–H groups in total. The van der Waals surface area contributed by atoms with Crippen molar-refractivity contribution >= 4 is 28.1 Å². The highest BCUT2D eigenvalue weighted by Gasteiger charge is 2.13. The van der Waals surface area contributed by atoms with Gasteiger partial charge in [0.15, 0.2) is 0 Å². The highest BCUT2D eigenvalue weighted by atomic mass is 32.1. The lowest BCUT2D eigenvalue weighted by Gasteiger charge is -2.07. The maximum atomic E-state index is 5.99. The number of para-hydroxylation sites is 1. The van der Waals surface area contributed by atoms with Crippen LogP contribution in [0.2, 0.25) is 0 Å². The molecule has 19 heavy (non-hydrogen) atoms. The molecule has 3 aromatic rings. The van der Waals surface area contributed by atoms with Crippen LogP contribution in [0.25, 0.3) is 11.0 Å². The second kappa shape index (κ2) is 5.03. The Morgan fingerprint density at radius 2 is 2.21 bits per heavy atom. The standard InChI is InChI=1S/C14H15N3OS/c1-18-9-17-12-6-2-5-11(15)14(12)16-13(17)8-10-4-3-7-19-10/h2-7H,8-9,15H2,1H3. The zero-order valence-electron chi connectivity index (χ0n) is 10.7. The summed E-state index contributed by atoms with van der Waals surface area (Å²) in [5.41, 5.74) is 8.58. The second-order valence-electron chi connectivity index (χ2n) is 4.34.